The highest BCUT2D eigenvalue weighted by Gasteiger charge is 2.20. The van der Waals surface area contributed by atoms with Gasteiger partial charge >= 0.3 is 0 Å². The van der Waals surface area contributed by atoms with Crippen molar-refractivity contribution < 1.29 is 0 Å². The number of guanidine groups is 1. The zero-order chi connectivity index (χ0) is 13.0. The summed E-state index contributed by atoms with van der Waals surface area (Å²) in [6.45, 7) is 1.87. The second-order valence-corrected chi connectivity index (χ2v) is 6.57. The highest BCUT2D eigenvalue weighted by molar-refractivity contribution is 14.0. The van der Waals surface area contributed by atoms with Crippen LogP contribution in [0, 0.1) is 5.92 Å². The van der Waals surface area contributed by atoms with E-state index in [1.165, 1.54) is 24.1 Å². The topological polar surface area (TPSA) is 27.6 Å². The van der Waals surface area contributed by atoms with Gasteiger partial charge in [-0.25, -0.2) is 0 Å². The van der Waals surface area contributed by atoms with Gasteiger partial charge in [-0.1, -0.05) is 24.4 Å². The summed E-state index contributed by atoms with van der Waals surface area (Å²) in [5.74, 6) is 1.91. The highest BCUT2D eigenvalue weighted by atomic mass is 127. The zero-order valence-corrected chi connectivity index (χ0v) is 15.3. The molecule has 2 rings (SSSR count). The third kappa shape index (κ3) is 5.87. The molecule has 108 valence electrons. The predicted molar refractivity (Wildman–Crippen MR) is 94.9 cm³/mol. The molecular formula is C13H21ClIN3S. The van der Waals surface area contributed by atoms with Crippen molar-refractivity contribution in [1.82, 2.24) is 10.2 Å². The largest absolute Gasteiger partial charge is 0.356 e. The maximum Gasteiger partial charge on any atom is 0.193 e. The first kappa shape index (κ1) is 17.0. The lowest BCUT2D eigenvalue weighted by atomic mass is 10.3. The van der Waals surface area contributed by atoms with Crippen LogP contribution in [-0.4, -0.2) is 31.5 Å². The molecule has 1 aromatic heterocycles. The van der Waals surface area contributed by atoms with Crippen LogP contribution in [0.5, 0.6) is 0 Å². The normalized spacial score (nSPS) is 15.0. The van der Waals surface area contributed by atoms with Gasteiger partial charge in [0.05, 0.1) is 10.9 Å². The van der Waals surface area contributed by atoms with Crippen LogP contribution in [0.25, 0.3) is 0 Å². The number of nitrogens with zero attached hydrogens (tertiary/aromatic N) is 2. The molecule has 0 saturated heterocycles. The van der Waals surface area contributed by atoms with Crippen LogP contribution in [0.1, 0.15) is 24.1 Å². The van der Waals surface area contributed by atoms with E-state index < -0.39 is 0 Å². The number of hydrogen-bond donors (Lipinski definition) is 1. The van der Waals surface area contributed by atoms with Crippen molar-refractivity contribution in [2.75, 3.05) is 20.6 Å². The molecule has 0 atom stereocenters. The number of aliphatic imine (C=N–C) groups is 1. The Morgan fingerprint density at radius 2 is 2.26 bits per heavy atom. The molecule has 3 nitrogen and oxygen atoms in total. The molecule has 0 aromatic carbocycles. The molecule has 1 aliphatic rings. The summed E-state index contributed by atoms with van der Waals surface area (Å²) >= 11 is 7.56. The molecule has 0 aliphatic heterocycles. The molecule has 0 spiro atoms. The lowest BCUT2D eigenvalue weighted by molar-refractivity contribution is 0.478. The van der Waals surface area contributed by atoms with E-state index in [1.807, 2.05) is 13.1 Å². The van der Waals surface area contributed by atoms with Gasteiger partial charge in [-0.2, -0.15) is 0 Å². The Labute approximate surface area is 141 Å². The van der Waals surface area contributed by atoms with E-state index in [0.717, 1.165) is 29.3 Å². The number of rotatable bonds is 5. The molecule has 1 fully saturated rings. The van der Waals surface area contributed by atoms with Gasteiger partial charge in [0.2, 0.25) is 0 Å². The Balaban J connectivity index is 0.00000180. The zero-order valence-electron chi connectivity index (χ0n) is 11.4. The van der Waals surface area contributed by atoms with E-state index in [4.69, 9.17) is 11.6 Å². The van der Waals surface area contributed by atoms with Crippen LogP contribution in [0.15, 0.2) is 17.1 Å². The minimum Gasteiger partial charge on any atom is -0.356 e. The van der Waals surface area contributed by atoms with E-state index in [-0.39, 0.29) is 24.0 Å². The van der Waals surface area contributed by atoms with Gasteiger partial charge in [0.25, 0.3) is 0 Å². The molecule has 0 radical (unpaired) electrons. The summed E-state index contributed by atoms with van der Waals surface area (Å²) in [4.78, 5) is 7.70. The van der Waals surface area contributed by atoms with Crippen molar-refractivity contribution in [2.45, 2.75) is 25.8 Å². The van der Waals surface area contributed by atoms with E-state index >= 15 is 0 Å². The van der Waals surface area contributed by atoms with Gasteiger partial charge in [0, 0.05) is 25.5 Å². The van der Waals surface area contributed by atoms with Gasteiger partial charge in [-0.3, -0.25) is 4.99 Å². The summed E-state index contributed by atoms with van der Waals surface area (Å²) < 4.78 is 0.843. The lowest BCUT2D eigenvalue weighted by Gasteiger charge is -2.21. The SMILES string of the molecule is CN=C(NCCC1CC1)N(C)Cc1ccc(Cl)s1.I. The predicted octanol–water partition coefficient (Wildman–Crippen LogP) is 3.83. The third-order valence-corrected chi connectivity index (χ3v) is 4.34. The van der Waals surface area contributed by atoms with Crippen LogP contribution >= 0.6 is 46.9 Å². The average Bonchev–Trinajstić information content (AvgIpc) is 3.08. The standard InChI is InChI=1S/C13H20ClN3S.HI/c1-15-13(16-8-7-10-3-4-10)17(2)9-11-5-6-12(14)18-11;/h5-6,10H,3-4,7-9H2,1-2H3,(H,15,16);1H. The molecule has 1 aromatic rings. The Kier molecular flexibility index (Phi) is 7.46. The fourth-order valence-corrected chi connectivity index (χ4v) is 3.07. The molecule has 1 aliphatic carbocycles. The second-order valence-electron chi connectivity index (χ2n) is 4.77. The number of halogens is 2. The number of thiophene rings is 1. The van der Waals surface area contributed by atoms with Crippen LogP contribution in [-0.2, 0) is 6.54 Å². The van der Waals surface area contributed by atoms with Crippen LogP contribution in [0.2, 0.25) is 4.34 Å². The smallest absolute Gasteiger partial charge is 0.193 e. The summed E-state index contributed by atoms with van der Waals surface area (Å²) in [7, 11) is 3.89. The molecule has 1 saturated carbocycles. The quantitative estimate of drug-likeness (QED) is 0.451. The maximum absolute atomic E-state index is 5.94. The van der Waals surface area contributed by atoms with E-state index in [0.29, 0.717) is 0 Å². The maximum atomic E-state index is 5.94. The van der Waals surface area contributed by atoms with E-state index in [9.17, 15) is 0 Å². The van der Waals surface area contributed by atoms with Crippen molar-refractivity contribution >= 4 is 52.9 Å². The lowest BCUT2D eigenvalue weighted by Crippen LogP contribution is -2.38. The van der Waals surface area contributed by atoms with Crippen LogP contribution < -0.4 is 5.32 Å². The van der Waals surface area contributed by atoms with Crippen molar-refractivity contribution in [1.29, 1.82) is 0 Å². The first-order chi connectivity index (χ1) is 8.69. The first-order valence-electron chi connectivity index (χ1n) is 6.35. The molecule has 19 heavy (non-hydrogen) atoms. The van der Waals surface area contributed by atoms with Crippen molar-refractivity contribution in [3.05, 3.63) is 21.3 Å². The van der Waals surface area contributed by atoms with Crippen LogP contribution in [0.4, 0.5) is 0 Å². The van der Waals surface area contributed by atoms with Crippen molar-refractivity contribution in [3.63, 3.8) is 0 Å². The molecule has 0 bridgehead atoms. The third-order valence-electron chi connectivity index (χ3n) is 3.13. The van der Waals surface area contributed by atoms with Gasteiger partial charge in [-0.15, -0.1) is 35.3 Å². The average molecular weight is 414 g/mol. The Morgan fingerprint density at radius 3 is 2.79 bits per heavy atom. The number of hydrogen-bond acceptors (Lipinski definition) is 2. The fraction of sp³-hybridized carbons (Fsp3) is 0.615. The van der Waals surface area contributed by atoms with Gasteiger partial charge in [0.1, 0.15) is 0 Å². The monoisotopic (exact) mass is 413 g/mol. The summed E-state index contributed by atoms with van der Waals surface area (Å²) in [6.07, 6.45) is 4.07. The minimum absolute atomic E-state index is 0. The minimum atomic E-state index is 0. The van der Waals surface area contributed by atoms with Crippen molar-refractivity contribution in [3.8, 4) is 0 Å². The van der Waals surface area contributed by atoms with E-state index in [2.05, 4.69) is 28.3 Å². The molecule has 0 unspecified atom stereocenters. The second kappa shape index (κ2) is 8.32. The number of nitrogens with one attached hydrogen (secondary N) is 1. The molecule has 0 amide bonds. The van der Waals surface area contributed by atoms with Gasteiger partial charge in [-0.05, 0) is 24.5 Å². The molecular weight excluding hydrogens is 393 g/mol. The molecule has 1 heterocycles. The summed E-state index contributed by atoms with van der Waals surface area (Å²) in [5, 5.41) is 3.42. The van der Waals surface area contributed by atoms with Crippen LogP contribution in [0.3, 0.4) is 0 Å². The Bertz CT molecular complexity index is 418. The van der Waals surface area contributed by atoms with Gasteiger partial charge < -0.3 is 10.2 Å². The molecule has 6 heteroatoms. The highest BCUT2D eigenvalue weighted by Crippen LogP contribution is 2.31. The summed E-state index contributed by atoms with van der Waals surface area (Å²) in [5.41, 5.74) is 0. The molecule has 1 N–H and O–H groups in total. The first-order valence-corrected chi connectivity index (χ1v) is 7.54. The fourth-order valence-electron chi connectivity index (χ4n) is 1.92. The van der Waals surface area contributed by atoms with E-state index in [1.54, 1.807) is 11.3 Å². The Morgan fingerprint density at radius 1 is 1.53 bits per heavy atom. The Hall–Kier alpha value is -0.0100. The van der Waals surface area contributed by atoms with Crippen molar-refractivity contribution in [2.24, 2.45) is 10.9 Å². The summed E-state index contributed by atoms with van der Waals surface area (Å²) in [6, 6.07) is 4.01. The van der Waals surface area contributed by atoms with Gasteiger partial charge in [0.15, 0.2) is 5.96 Å².